The first kappa shape index (κ1) is 12.5. The van der Waals surface area contributed by atoms with Crippen molar-refractivity contribution in [3.63, 3.8) is 0 Å². The lowest BCUT2D eigenvalue weighted by Gasteiger charge is -1.99. The Balaban J connectivity index is 2.46. The summed E-state index contributed by atoms with van der Waals surface area (Å²) in [4.78, 5) is 11.5. The zero-order chi connectivity index (χ0) is 12.0. The van der Waals surface area contributed by atoms with Crippen molar-refractivity contribution in [1.29, 1.82) is 0 Å². The number of hydrogen-bond donors (Lipinski definition) is 1. The van der Waals surface area contributed by atoms with E-state index in [1.54, 1.807) is 19.1 Å². The van der Waals surface area contributed by atoms with Crippen LogP contribution < -0.4 is 5.43 Å². The number of carbonyl (C=O) groups excluding carboxylic acids is 1. The van der Waals surface area contributed by atoms with Gasteiger partial charge in [-0.15, -0.1) is 0 Å². The average molecular weight is 222 g/mol. The van der Waals surface area contributed by atoms with Crippen molar-refractivity contribution in [3.8, 4) is 0 Å². The van der Waals surface area contributed by atoms with Gasteiger partial charge in [-0.1, -0.05) is 13.3 Å². The second kappa shape index (κ2) is 6.10. The fraction of sp³-hybridized carbons (Fsp3) is 0.500. The number of unbranched alkanes of at least 4 members (excludes halogenated alkanes) is 1. The Kier molecular flexibility index (Phi) is 4.76. The van der Waals surface area contributed by atoms with Crippen LogP contribution in [0.15, 0.2) is 21.7 Å². The van der Waals surface area contributed by atoms with E-state index in [4.69, 9.17) is 4.42 Å². The van der Waals surface area contributed by atoms with Crippen LogP contribution in [0, 0.1) is 6.92 Å². The van der Waals surface area contributed by atoms with E-state index < -0.39 is 0 Å². The SMILES string of the molecule is CCCC/C(C)=N/NC(=O)c1ccc(C)o1. The first-order valence-electron chi connectivity index (χ1n) is 5.53. The molecule has 4 nitrogen and oxygen atoms in total. The molecule has 1 heterocycles. The van der Waals surface area contributed by atoms with E-state index in [1.165, 1.54) is 0 Å². The molecule has 0 bridgehead atoms. The Morgan fingerprint density at radius 3 is 2.81 bits per heavy atom. The van der Waals surface area contributed by atoms with Crippen LogP contribution in [0.4, 0.5) is 0 Å². The Hall–Kier alpha value is -1.58. The standard InChI is InChI=1S/C12H18N2O2/c1-4-5-6-9(2)13-14-12(15)11-8-7-10(3)16-11/h7-8H,4-6H2,1-3H3,(H,14,15)/b13-9+. The molecule has 0 atom stereocenters. The summed E-state index contributed by atoms with van der Waals surface area (Å²) in [6.45, 7) is 5.83. The van der Waals surface area contributed by atoms with E-state index in [2.05, 4.69) is 17.5 Å². The third-order valence-electron chi connectivity index (χ3n) is 2.20. The van der Waals surface area contributed by atoms with E-state index in [0.717, 1.165) is 30.7 Å². The summed E-state index contributed by atoms with van der Waals surface area (Å²) in [5.41, 5.74) is 3.41. The summed E-state index contributed by atoms with van der Waals surface area (Å²) in [6.07, 6.45) is 3.12. The summed E-state index contributed by atoms with van der Waals surface area (Å²) in [5.74, 6) is 0.713. The zero-order valence-corrected chi connectivity index (χ0v) is 10.0. The van der Waals surface area contributed by atoms with Crippen molar-refractivity contribution in [2.24, 2.45) is 5.10 Å². The van der Waals surface area contributed by atoms with Crippen LogP contribution in [-0.2, 0) is 0 Å². The smallest absolute Gasteiger partial charge is 0.307 e. The van der Waals surface area contributed by atoms with Gasteiger partial charge in [0, 0.05) is 5.71 Å². The molecule has 0 spiro atoms. The maximum Gasteiger partial charge on any atom is 0.307 e. The van der Waals surface area contributed by atoms with Crippen molar-refractivity contribution in [2.75, 3.05) is 0 Å². The molecule has 0 radical (unpaired) electrons. The van der Waals surface area contributed by atoms with E-state index in [-0.39, 0.29) is 5.91 Å². The van der Waals surface area contributed by atoms with E-state index >= 15 is 0 Å². The molecule has 0 aliphatic heterocycles. The number of hydrogen-bond acceptors (Lipinski definition) is 3. The Morgan fingerprint density at radius 2 is 2.25 bits per heavy atom. The van der Waals surface area contributed by atoms with Crippen molar-refractivity contribution in [1.82, 2.24) is 5.43 Å². The minimum atomic E-state index is -0.302. The Labute approximate surface area is 95.7 Å². The summed E-state index contributed by atoms with van der Waals surface area (Å²) in [6, 6.07) is 3.39. The molecule has 0 unspecified atom stereocenters. The number of amides is 1. The van der Waals surface area contributed by atoms with Gasteiger partial charge in [0.25, 0.3) is 0 Å². The van der Waals surface area contributed by atoms with Crippen molar-refractivity contribution in [2.45, 2.75) is 40.0 Å². The molecule has 0 saturated carbocycles. The monoisotopic (exact) mass is 222 g/mol. The lowest BCUT2D eigenvalue weighted by Crippen LogP contribution is -2.18. The van der Waals surface area contributed by atoms with Crippen LogP contribution in [0.1, 0.15) is 49.4 Å². The van der Waals surface area contributed by atoms with Gasteiger partial charge in [0.05, 0.1) is 0 Å². The first-order valence-corrected chi connectivity index (χ1v) is 5.53. The molecule has 1 amide bonds. The number of carbonyl (C=O) groups is 1. The van der Waals surface area contributed by atoms with Crippen LogP contribution in [0.25, 0.3) is 0 Å². The van der Waals surface area contributed by atoms with E-state index in [0.29, 0.717) is 5.76 Å². The maximum absolute atomic E-state index is 11.5. The number of nitrogens with zero attached hydrogens (tertiary/aromatic N) is 1. The molecule has 1 aromatic heterocycles. The molecule has 0 aliphatic rings. The topological polar surface area (TPSA) is 54.6 Å². The quantitative estimate of drug-likeness (QED) is 0.615. The largest absolute Gasteiger partial charge is 0.456 e. The number of hydrazone groups is 1. The predicted octanol–water partition coefficient (Wildman–Crippen LogP) is 2.88. The molecular weight excluding hydrogens is 204 g/mol. The lowest BCUT2D eigenvalue weighted by atomic mass is 10.2. The van der Waals surface area contributed by atoms with Crippen LogP contribution in [0.2, 0.25) is 0 Å². The Bertz CT molecular complexity index is 380. The highest BCUT2D eigenvalue weighted by Gasteiger charge is 2.08. The molecule has 0 aliphatic carbocycles. The minimum Gasteiger partial charge on any atom is -0.456 e. The highest BCUT2D eigenvalue weighted by molar-refractivity contribution is 5.92. The lowest BCUT2D eigenvalue weighted by molar-refractivity contribution is 0.0925. The summed E-state index contributed by atoms with van der Waals surface area (Å²) < 4.78 is 5.18. The zero-order valence-electron chi connectivity index (χ0n) is 10.0. The predicted molar refractivity (Wildman–Crippen MR) is 63.5 cm³/mol. The molecule has 0 saturated heterocycles. The van der Waals surface area contributed by atoms with E-state index in [1.807, 2.05) is 6.92 Å². The molecule has 88 valence electrons. The minimum absolute atomic E-state index is 0.296. The number of rotatable bonds is 5. The summed E-state index contributed by atoms with van der Waals surface area (Å²) >= 11 is 0. The number of furan rings is 1. The van der Waals surface area contributed by atoms with Gasteiger partial charge in [-0.2, -0.15) is 5.10 Å². The first-order chi connectivity index (χ1) is 7.63. The van der Waals surface area contributed by atoms with Gasteiger partial charge in [0.15, 0.2) is 5.76 Å². The average Bonchev–Trinajstić information content (AvgIpc) is 2.69. The fourth-order valence-corrected chi connectivity index (χ4v) is 1.25. The highest BCUT2D eigenvalue weighted by Crippen LogP contribution is 2.05. The van der Waals surface area contributed by atoms with E-state index in [9.17, 15) is 4.79 Å². The molecule has 0 aromatic carbocycles. The number of aryl methyl sites for hydroxylation is 1. The highest BCUT2D eigenvalue weighted by atomic mass is 16.3. The van der Waals surface area contributed by atoms with Crippen LogP contribution in [-0.4, -0.2) is 11.6 Å². The molecule has 0 fully saturated rings. The van der Waals surface area contributed by atoms with Gasteiger partial charge in [0.1, 0.15) is 5.76 Å². The molecule has 1 rings (SSSR count). The molecule has 16 heavy (non-hydrogen) atoms. The van der Waals surface area contributed by atoms with Gasteiger partial charge < -0.3 is 4.42 Å². The van der Waals surface area contributed by atoms with Crippen LogP contribution >= 0.6 is 0 Å². The van der Waals surface area contributed by atoms with Gasteiger partial charge in [0.2, 0.25) is 0 Å². The summed E-state index contributed by atoms with van der Waals surface area (Å²) in [5, 5.41) is 4.00. The summed E-state index contributed by atoms with van der Waals surface area (Å²) in [7, 11) is 0. The van der Waals surface area contributed by atoms with Gasteiger partial charge in [-0.3, -0.25) is 4.79 Å². The molecule has 1 N–H and O–H groups in total. The fourth-order valence-electron chi connectivity index (χ4n) is 1.25. The Morgan fingerprint density at radius 1 is 1.50 bits per heavy atom. The second-order valence-corrected chi connectivity index (χ2v) is 3.80. The van der Waals surface area contributed by atoms with Crippen molar-refractivity contribution >= 4 is 11.6 Å². The molecule has 4 heteroatoms. The third-order valence-corrected chi connectivity index (χ3v) is 2.20. The molecular formula is C12H18N2O2. The third kappa shape index (κ3) is 3.88. The number of nitrogens with one attached hydrogen (secondary N) is 1. The van der Waals surface area contributed by atoms with Gasteiger partial charge >= 0.3 is 5.91 Å². The van der Waals surface area contributed by atoms with Crippen molar-refractivity contribution in [3.05, 3.63) is 23.7 Å². The normalized spacial score (nSPS) is 11.6. The van der Waals surface area contributed by atoms with Crippen molar-refractivity contribution < 1.29 is 9.21 Å². The van der Waals surface area contributed by atoms with Crippen LogP contribution in [0.5, 0.6) is 0 Å². The molecule has 1 aromatic rings. The van der Waals surface area contributed by atoms with Gasteiger partial charge in [-0.05, 0) is 38.8 Å². The maximum atomic E-state index is 11.5. The second-order valence-electron chi connectivity index (χ2n) is 3.80. The van der Waals surface area contributed by atoms with Crippen LogP contribution in [0.3, 0.4) is 0 Å². The van der Waals surface area contributed by atoms with Gasteiger partial charge in [-0.25, -0.2) is 5.43 Å².